The van der Waals surface area contributed by atoms with Gasteiger partial charge in [0.2, 0.25) is 5.91 Å². The van der Waals surface area contributed by atoms with Gasteiger partial charge in [0, 0.05) is 18.7 Å². The zero-order valence-electron chi connectivity index (χ0n) is 18.3. The Hall–Kier alpha value is -3.85. The van der Waals surface area contributed by atoms with Gasteiger partial charge in [-0.1, -0.05) is 36.4 Å². The van der Waals surface area contributed by atoms with Crippen molar-refractivity contribution in [3.8, 4) is 5.75 Å². The first-order valence-electron chi connectivity index (χ1n) is 11.0. The Labute approximate surface area is 197 Å². The second-order valence-electron chi connectivity index (χ2n) is 8.16. The minimum atomic E-state index is -4.03. The van der Waals surface area contributed by atoms with E-state index in [0.717, 1.165) is 12.0 Å². The van der Waals surface area contributed by atoms with Gasteiger partial charge in [-0.2, -0.15) is 0 Å². The van der Waals surface area contributed by atoms with Gasteiger partial charge in [0.1, 0.15) is 5.75 Å². The largest absolute Gasteiger partial charge is 0.482 e. The minimum Gasteiger partial charge on any atom is -0.482 e. The fourth-order valence-corrected chi connectivity index (χ4v) is 5.62. The lowest BCUT2D eigenvalue weighted by Crippen LogP contribution is -2.31. The molecule has 2 aliphatic heterocycles. The summed E-state index contributed by atoms with van der Waals surface area (Å²) in [6.45, 7) is 0.597. The van der Waals surface area contributed by atoms with Crippen LogP contribution in [-0.2, 0) is 26.2 Å². The topological polar surface area (TPSA) is 96.0 Å². The first-order chi connectivity index (χ1) is 16.4. The van der Waals surface area contributed by atoms with E-state index in [1.54, 1.807) is 29.2 Å². The molecule has 0 aliphatic carbocycles. The number of amides is 2. The quantitative estimate of drug-likeness (QED) is 0.586. The number of ether oxygens (including phenoxy) is 1. The summed E-state index contributed by atoms with van der Waals surface area (Å²) in [7, 11) is -4.03. The average Bonchev–Trinajstić information content (AvgIpc) is 3.28. The molecule has 9 heteroatoms. The maximum atomic E-state index is 13.9. The van der Waals surface area contributed by atoms with Crippen molar-refractivity contribution in [2.24, 2.45) is 0 Å². The first kappa shape index (κ1) is 22.0. The molecule has 1 N–H and O–H groups in total. The number of sulfonamides is 1. The maximum absolute atomic E-state index is 13.9. The molecule has 34 heavy (non-hydrogen) atoms. The summed E-state index contributed by atoms with van der Waals surface area (Å²) in [5, 5.41) is 2.66. The molecule has 1 fully saturated rings. The van der Waals surface area contributed by atoms with Crippen LogP contribution < -0.4 is 19.3 Å². The summed E-state index contributed by atoms with van der Waals surface area (Å²) >= 11 is 0. The standard InChI is InChI=1S/C25H23N3O5S/c29-24-17-33-23-12-11-21(15-22(23)26-24)34(31,32)28(16-18-6-2-1-3-7-18)20-9-4-8-19(14-20)27-13-5-10-25(27)30/h1-4,6-9,11-12,14-15H,5,10,13,16-17H2,(H,26,29). The zero-order chi connectivity index (χ0) is 23.7. The van der Waals surface area contributed by atoms with Crippen LogP contribution in [-0.4, -0.2) is 33.4 Å². The Balaban J connectivity index is 1.57. The molecular weight excluding hydrogens is 454 g/mol. The summed E-state index contributed by atoms with van der Waals surface area (Å²) in [6, 6.07) is 20.7. The molecular formula is C25H23N3O5S. The Kier molecular flexibility index (Phi) is 5.70. The van der Waals surface area contributed by atoms with E-state index in [0.29, 0.717) is 35.8 Å². The number of carbonyl (C=O) groups is 2. The van der Waals surface area contributed by atoms with E-state index in [2.05, 4.69) is 5.32 Å². The van der Waals surface area contributed by atoms with E-state index in [4.69, 9.17) is 4.74 Å². The monoisotopic (exact) mass is 477 g/mol. The molecule has 0 aromatic heterocycles. The third kappa shape index (κ3) is 4.22. The third-order valence-corrected chi connectivity index (χ3v) is 7.61. The third-order valence-electron chi connectivity index (χ3n) is 5.84. The molecule has 1 saturated heterocycles. The van der Waals surface area contributed by atoms with Crippen molar-refractivity contribution in [3.05, 3.63) is 78.4 Å². The van der Waals surface area contributed by atoms with Crippen molar-refractivity contribution in [1.29, 1.82) is 0 Å². The molecule has 0 spiro atoms. The van der Waals surface area contributed by atoms with Gasteiger partial charge < -0.3 is 15.0 Å². The number of hydrogen-bond donors (Lipinski definition) is 1. The predicted octanol–water partition coefficient (Wildman–Crippen LogP) is 3.54. The van der Waals surface area contributed by atoms with E-state index in [1.165, 1.54) is 16.4 Å². The molecule has 174 valence electrons. The number of nitrogens with zero attached hydrogens (tertiary/aromatic N) is 2. The highest BCUT2D eigenvalue weighted by Crippen LogP contribution is 2.34. The normalized spacial score (nSPS) is 15.5. The smallest absolute Gasteiger partial charge is 0.264 e. The van der Waals surface area contributed by atoms with Crippen LogP contribution in [0.15, 0.2) is 77.7 Å². The van der Waals surface area contributed by atoms with Gasteiger partial charge in [-0.15, -0.1) is 0 Å². The van der Waals surface area contributed by atoms with Crippen molar-refractivity contribution in [2.45, 2.75) is 24.3 Å². The molecule has 8 nitrogen and oxygen atoms in total. The van der Waals surface area contributed by atoms with Crippen LogP contribution in [0, 0.1) is 0 Å². The molecule has 0 radical (unpaired) electrons. The van der Waals surface area contributed by atoms with E-state index >= 15 is 0 Å². The van der Waals surface area contributed by atoms with Crippen LogP contribution in [0.2, 0.25) is 0 Å². The number of fused-ring (bicyclic) bond motifs is 1. The molecule has 2 amide bonds. The molecule has 0 atom stereocenters. The molecule has 0 bridgehead atoms. The van der Waals surface area contributed by atoms with Crippen LogP contribution in [0.25, 0.3) is 0 Å². The second-order valence-corrected chi connectivity index (χ2v) is 10.0. The SMILES string of the molecule is O=C1COc2ccc(S(=O)(=O)N(Cc3ccccc3)c3cccc(N4CCCC4=O)c3)cc2N1. The van der Waals surface area contributed by atoms with Gasteiger partial charge in [-0.25, -0.2) is 8.42 Å². The van der Waals surface area contributed by atoms with Gasteiger partial charge in [0.25, 0.3) is 15.9 Å². The molecule has 3 aromatic carbocycles. The van der Waals surface area contributed by atoms with Gasteiger partial charge >= 0.3 is 0 Å². The van der Waals surface area contributed by atoms with Crippen LogP contribution in [0.4, 0.5) is 17.1 Å². The summed E-state index contributed by atoms with van der Waals surface area (Å²) in [5.41, 5.74) is 2.23. The zero-order valence-corrected chi connectivity index (χ0v) is 19.1. The Morgan fingerprint density at radius 3 is 2.56 bits per heavy atom. The Morgan fingerprint density at radius 2 is 1.79 bits per heavy atom. The van der Waals surface area contributed by atoms with E-state index in [1.807, 2.05) is 36.4 Å². The second kappa shape index (κ2) is 8.83. The highest BCUT2D eigenvalue weighted by atomic mass is 32.2. The van der Waals surface area contributed by atoms with E-state index in [-0.39, 0.29) is 29.9 Å². The van der Waals surface area contributed by atoms with Crippen molar-refractivity contribution in [2.75, 3.05) is 27.7 Å². The van der Waals surface area contributed by atoms with Gasteiger partial charge in [0.15, 0.2) is 6.61 Å². The van der Waals surface area contributed by atoms with Crippen molar-refractivity contribution in [3.63, 3.8) is 0 Å². The molecule has 0 saturated carbocycles. The van der Waals surface area contributed by atoms with E-state index < -0.39 is 10.0 Å². The minimum absolute atomic E-state index is 0.0237. The van der Waals surface area contributed by atoms with Crippen LogP contribution >= 0.6 is 0 Å². The number of benzene rings is 3. The number of rotatable bonds is 6. The predicted molar refractivity (Wildman–Crippen MR) is 128 cm³/mol. The summed E-state index contributed by atoms with van der Waals surface area (Å²) in [4.78, 5) is 25.7. The number of carbonyl (C=O) groups excluding carboxylic acids is 2. The summed E-state index contributed by atoms with van der Waals surface area (Å²) < 4.78 is 34.5. The molecule has 2 aliphatic rings. The molecule has 3 aromatic rings. The summed E-state index contributed by atoms with van der Waals surface area (Å²) in [5.74, 6) is 0.105. The highest BCUT2D eigenvalue weighted by Gasteiger charge is 2.29. The lowest BCUT2D eigenvalue weighted by molar-refractivity contribution is -0.119. The molecule has 5 rings (SSSR count). The van der Waals surface area contributed by atoms with Crippen molar-refractivity contribution >= 4 is 38.9 Å². The fraction of sp³-hybridized carbons (Fsp3) is 0.200. The van der Waals surface area contributed by atoms with E-state index in [9.17, 15) is 18.0 Å². The number of anilines is 3. The lowest BCUT2D eigenvalue weighted by atomic mass is 10.2. The number of nitrogens with one attached hydrogen (secondary N) is 1. The lowest BCUT2D eigenvalue weighted by Gasteiger charge is -2.27. The van der Waals surface area contributed by atoms with Crippen molar-refractivity contribution in [1.82, 2.24) is 0 Å². The van der Waals surface area contributed by atoms with Gasteiger partial charge in [0.05, 0.1) is 22.8 Å². The first-order valence-corrected chi connectivity index (χ1v) is 12.4. The van der Waals surface area contributed by atoms with Gasteiger partial charge in [-0.05, 0) is 48.4 Å². The molecule has 0 unspecified atom stereocenters. The Bertz CT molecular complexity index is 1360. The highest BCUT2D eigenvalue weighted by molar-refractivity contribution is 7.92. The Morgan fingerprint density at radius 1 is 0.971 bits per heavy atom. The van der Waals surface area contributed by atoms with Crippen LogP contribution in [0.5, 0.6) is 5.75 Å². The van der Waals surface area contributed by atoms with Crippen LogP contribution in [0.1, 0.15) is 18.4 Å². The van der Waals surface area contributed by atoms with Crippen LogP contribution in [0.3, 0.4) is 0 Å². The summed E-state index contributed by atoms with van der Waals surface area (Å²) in [6.07, 6.45) is 1.26. The number of hydrogen-bond acceptors (Lipinski definition) is 5. The van der Waals surface area contributed by atoms with Crippen molar-refractivity contribution < 1.29 is 22.7 Å². The fourth-order valence-electron chi connectivity index (χ4n) is 4.15. The molecule has 2 heterocycles. The van der Waals surface area contributed by atoms with Gasteiger partial charge in [-0.3, -0.25) is 13.9 Å². The average molecular weight is 478 g/mol. The maximum Gasteiger partial charge on any atom is 0.264 e.